The van der Waals surface area contributed by atoms with Gasteiger partial charge in [0.05, 0.1) is 6.54 Å². The van der Waals surface area contributed by atoms with Crippen molar-refractivity contribution in [2.45, 2.75) is 19.8 Å². The van der Waals surface area contributed by atoms with E-state index in [0.717, 1.165) is 12.8 Å². The molecule has 0 bridgehead atoms. The number of nitrogens with one attached hydrogen (secondary N) is 1. The first-order valence-electron chi connectivity index (χ1n) is 4.33. The summed E-state index contributed by atoms with van der Waals surface area (Å²) < 4.78 is 5.15. The SMILES string of the molecule is CCCCOCN1NN([O-])CC1=O. The summed E-state index contributed by atoms with van der Waals surface area (Å²) in [6.45, 7) is 2.66. The van der Waals surface area contributed by atoms with E-state index in [4.69, 9.17) is 4.74 Å². The monoisotopic (exact) mass is 188 g/mol. The van der Waals surface area contributed by atoms with Gasteiger partial charge in [-0.3, -0.25) is 9.97 Å². The van der Waals surface area contributed by atoms with Crippen LogP contribution in [-0.2, 0) is 9.53 Å². The van der Waals surface area contributed by atoms with Gasteiger partial charge in [-0.1, -0.05) is 13.3 Å². The Kier molecular flexibility index (Phi) is 4.10. The molecule has 6 heteroatoms. The largest absolute Gasteiger partial charge is 0.770 e. The minimum Gasteiger partial charge on any atom is -0.770 e. The van der Waals surface area contributed by atoms with Crippen LogP contribution in [0.2, 0.25) is 0 Å². The lowest BCUT2D eigenvalue weighted by atomic mass is 10.4. The van der Waals surface area contributed by atoms with Crippen molar-refractivity contribution >= 4 is 5.91 Å². The van der Waals surface area contributed by atoms with E-state index in [-0.39, 0.29) is 19.2 Å². The van der Waals surface area contributed by atoms with Crippen molar-refractivity contribution < 1.29 is 9.53 Å². The predicted molar refractivity (Wildman–Crippen MR) is 45.8 cm³/mol. The number of carbonyl (C=O) groups is 1. The van der Waals surface area contributed by atoms with Crippen LogP contribution in [0.25, 0.3) is 0 Å². The molecule has 0 aromatic carbocycles. The summed E-state index contributed by atoms with van der Waals surface area (Å²) in [6.07, 6.45) is 2.01. The molecule has 0 spiro atoms. The number of ether oxygens (including phenoxy) is 1. The van der Waals surface area contributed by atoms with Crippen LogP contribution in [0.4, 0.5) is 0 Å². The Morgan fingerprint density at radius 2 is 2.46 bits per heavy atom. The zero-order valence-corrected chi connectivity index (χ0v) is 7.65. The van der Waals surface area contributed by atoms with E-state index in [1.807, 2.05) is 0 Å². The van der Waals surface area contributed by atoms with Gasteiger partial charge >= 0.3 is 0 Å². The maximum atomic E-state index is 11.0. The minimum absolute atomic E-state index is 0.136. The molecule has 1 heterocycles. The lowest BCUT2D eigenvalue weighted by Gasteiger charge is -2.22. The van der Waals surface area contributed by atoms with E-state index in [1.165, 1.54) is 5.01 Å². The van der Waals surface area contributed by atoms with Crippen molar-refractivity contribution in [2.24, 2.45) is 0 Å². The van der Waals surface area contributed by atoms with E-state index in [9.17, 15) is 10.0 Å². The molecule has 0 saturated carbocycles. The number of hydroxylamine groups is 1. The summed E-state index contributed by atoms with van der Waals surface area (Å²) in [7, 11) is 0. The van der Waals surface area contributed by atoms with Crippen LogP contribution in [0, 0.1) is 5.21 Å². The molecule has 0 aromatic rings. The highest BCUT2D eigenvalue weighted by atomic mass is 16.6. The molecule has 1 saturated heterocycles. The zero-order chi connectivity index (χ0) is 9.68. The molecule has 0 atom stereocenters. The van der Waals surface area contributed by atoms with Crippen LogP contribution >= 0.6 is 0 Å². The molecule has 1 fully saturated rings. The van der Waals surface area contributed by atoms with Crippen LogP contribution in [0.5, 0.6) is 0 Å². The smallest absolute Gasteiger partial charge is 0.254 e. The Morgan fingerprint density at radius 1 is 1.69 bits per heavy atom. The second-order valence-electron chi connectivity index (χ2n) is 2.85. The molecule has 0 aliphatic carbocycles. The van der Waals surface area contributed by atoms with Gasteiger partial charge in [0.2, 0.25) is 0 Å². The standard InChI is InChI=1S/C7H14N3O3/c1-2-3-4-13-6-9-7(11)5-10(12)8-9/h8H,2-6H2,1H3/q-1. The molecular formula is C7H14N3O3-. The van der Waals surface area contributed by atoms with E-state index in [1.54, 1.807) is 0 Å². The second kappa shape index (κ2) is 5.13. The van der Waals surface area contributed by atoms with Crippen molar-refractivity contribution in [3.05, 3.63) is 5.21 Å². The van der Waals surface area contributed by atoms with Crippen LogP contribution in [-0.4, -0.2) is 36.0 Å². The van der Waals surface area contributed by atoms with E-state index in [2.05, 4.69) is 12.5 Å². The molecular weight excluding hydrogens is 174 g/mol. The van der Waals surface area contributed by atoms with Crippen LogP contribution in [0.3, 0.4) is 0 Å². The molecule has 1 N–H and O–H groups in total. The average molecular weight is 188 g/mol. The first-order valence-corrected chi connectivity index (χ1v) is 4.33. The lowest BCUT2D eigenvalue weighted by molar-refractivity contribution is -0.134. The van der Waals surface area contributed by atoms with Gasteiger partial charge in [0.15, 0.2) is 0 Å². The number of amides is 1. The first-order chi connectivity index (χ1) is 6.24. The number of hydrogen-bond donors (Lipinski definition) is 1. The Morgan fingerprint density at radius 3 is 3.00 bits per heavy atom. The Bertz CT molecular complexity index is 176. The molecule has 0 radical (unpaired) electrons. The molecule has 13 heavy (non-hydrogen) atoms. The number of nitrogens with zero attached hydrogens (tertiary/aromatic N) is 2. The van der Waals surface area contributed by atoms with Gasteiger partial charge in [0.1, 0.15) is 6.73 Å². The summed E-state index contributed by atoms with van der Waals surface area (Å²) in [4.78, 5) is 11.0. The Labute approximate surface area is 77.0 Å². The number of hydrazine groups is 2. The van der Waals surface area contributed by atoms with Crippen LogP contribution in [0.15, 0.2) is 0 Å². The van der Waals surface area contributed by atoms with Crippen molar-refractivity contribution in [3.8, 4) is 0 Å². The van der Waals surface area contributed by atoms with E-state index < -0.39 is 0 Å². The molecule has 6 nitrogen and oxygen atoms in total. The van der Waals surface area contributed by atoms with Gasteiger partial charge in [-0.2, -0.15) is 5.53 Å². The van der Waals surface area contributed by atoms with Gasteiger partial charge in [-0.15, -0.1) is 0 Å². The van der Waals surface area contributed by atoms with Crippen LogP contribution < -0.4 is 5.53 Å². The lowest BCUT2D eigenvalue weighted by Crippen LogP contribution is -2.39. The number of rotatable bonds is 5. The topological polar surface area (TPSA) is 67.9 Å². The molecule has 1 aliphatic heterocycles. The highest BCUT2D eigenvalue weighted by Gasteiger charge is 2.20. The van der Waals surface area contributed by atoms with Crippen LogP contribution in [0.1, 0.15) is 19.8 Å². The number of carbonyl (C=O) groups excluding carboxylic acids is 1. The second-order valence-corrected chi connectivity index (χ2v) is 2.85. The Hall–Kier alpha value is -0.690. The van der Waals surface area contributed by atoms with E-state index >= 15 is 0 Å². The van der Waals surface area contributed by atoms with Gasteiger partial charge in [0.25, 0.3) is 5.91 Å². The molecule has 1 amide bonds. The maximum absolute atomic E-state index is 11.0. The molecule has 0 unspecified atom stereocenters. The summed E-state index contributed by atoms with van der Waals surface area (Å²) >= 11 is 0. The zero-order valence-electron chi connectivity index (χ0n) is 7.65. The molecule has 1 rings (SSSR count). The maximum Gasteiger partial charge on any atom is 0.254 e. The summed E-state index contributed by atoms with van der Waals surface area (Å²) in [5.74, 6) is -0.258. The first kappa shape index (κ1) is 10.4. The normalized spacial score (nSPS) is 18.6. The van der Waals surface area contributed by atoms with Gasteiger partial charge < -0.3 is 9.94 Å². The third kappa shape index (κ3) is 3.27. The number of hydrogen-bond acceptors (Lipinski definition) is 5. The fourth-order valence-corrected chi connectivity index (χ4v) is 0.937. The molecule has 1 aliphatic rings. The molecule has 0 aromatic heterocycles. The van der Waals surface area contributed by atoms with Gasteiger partial charge in [-0.05, 0) is 6.42 Å². The summed E-state index contributed by atoms with van der Waals surface area (Å²) in [5, 5.41) is 12.3. The third-order valence-electron chi connectivity index (χ3n) is 1.67. The molecule has 76 valence electrons. The quantitative estimate of drug-likeness (QED) is 0.606. The summed E-state index contributed by atoms with van der Waals surface area (Å²) in [6, 6.07) is 0. The predicted octanol–water partition coefficient (Wildman–Crippen LogP) is -0.178. The van der Waals surface area contributed by atoms with Crippen molar-refractivity contribution in [1.82, 2.24) is 15.7 Å². The fourth-order valence-electron chi connectivity index (χ4n) is 0.937. The third-order valence-corrected chi connectivity index (χ3v) is 1.67. The minimum atomic E-state index is -0.258. The van der Waals surface area contributed by atoms with E-state index in [0.29, 0.717) is 11.8 Å². The van der Waals surface area contributed by atoms with Gasteiger partial charge in [-0.25, -0.2) is 5.01 Å². The van der Waals surface area contributed by atoms with Crippen molar-refractivity contribution in [3.63, 3.8) is 0 Å². The van der Waals surface area contributed by atoms with Crippen molar-refractivity contribution in [2.75, 3.05) is 19.9 Å². The average Bonchev–Trinajstić information content (AvgIpc) is 2.39. The number of unbranched alkanes of at least 4 members (excludes halogenated alkanes) is 1. The summed E-state index contributed by atoms with van der Waals surface area (Å²) in [5.41, 5.74) is 2.32. The highest BCUT2D eigenvalue weighted by molar-refractivity contribution is 5.79. The highest BCUT2D eigenvalue weighted by Crippen LogP contribution is 1.98. The van der Waals surface area contributed by atoms with Gasteiger partial charge in [0, 0.05) is 6.61 Å². The van der Waals surface area contributed by atoms with Crippen molar-refractivity contribution in [1.29, 1.82) is 0 Å². The Balaban J connectivity index is 2.11. The fraction of sp³-hybridized carbons (Fsp3) is 0.857.